The zero-order valence-electron chi connectivity index (χ0n) is 18.6. The highest BCUT2D eigenvalue weighted by atomic mass is 19.1. The molecular formula is C19H37FN10O2. The third kappa shape index (κ3) is 4.64. The molecule has 5 fully saturated rings. The minimum Gasteiger partial charge on any atom is -0.350 e. The number of hydrazine groups is 2. The number of ether oxygens (including phenoxy) is 1. The largest absolute Gasteiger partial charge is 0.350 e. The number of carbonyl (C=O) groups is 1. The van der Waals surface area contributed by atoms with E-state index in [9.17, 15) is 9.18 Å². The fraction of sp³-hybridized carbons (Fsp3) is 0.947. The van der Waals surface area contributed by atoms with Crippen molar-refractivity contribution < 1.29 is 13.9 Å². The van der Waals surface area contributed by atoms with Gasteiger partial charge in [0.05, 0.1) is 24.3 Å². The van der Waals surface area contributed by atoms with Crippen molar-refractivity contribution >= 4 is 5.91 Å². The van der Waals surface area contributed by atoms with E-state index >= 15 is 0 Å². The van der Waals surface area contributed by atoms with Crippen molar-refractivity contribution in [2.75, 3.05) is 52.4 Å². The van der Waals surface area contributed by atoms with Gasteiger partial charge in [-0.15, -0.1) is 0 Å². The average Bonchev–Trinajstić information content (AvgIpc) is 3.36. The third-order valence-electron chi connectivity index (χ3n) is 7.29. The summed E-state index contributed by atoms with van der Waals surface area (Å²) in [6.07, 6.45) is -0.904. The van der Waals surface area contributed by atoms with Crippen LogP contribution in [0.15, 0.2) is 0 Å². The zero-order chi connectivity index (χ0) is 22.2. The molecule has 0 aromatic heterocycles. The summed E-state index contributed by atoms with van der Waals surface area (Å²) in [6.45, 7) is 7.78. The lowest BCUT2D eigenvalue weighted by Gasteiger charge is -2.45. The van der Waals surface area contributed by atoms with Gasteiger partial charge in [-0.3, -0.25) is 19.9 Å². The monoisotopic (exact) mass is 456 g/mol. The van der Waals surface area contributed by atoms with Gasteiger partial charge < -0.3 is 21.1 Å². The highest BCUT2D eigenvalue weighted by Gasteiger charge is 2.48. The molecule has 1 amide bonds. The molecule has 12 nitrogen and oxygen atoms in total. The van der Waals surface area contributed by atoms with Gasteiger partial charge in [0, 0.05) is 51.9 Å². The standard InChI is InChI=1S/C19H37FN10O2/c1-11-25-26-19(32-11)29-6-4-28(5-7-29)14-2-3-22-9-13(14)24-18(31)15-16(21)27-30-10-12(20)8-23-17(15)30/h11-17,19,22-23,25-27H,2-10,21H2,1H3,(H,24,31). The Balaban J connectivity index is 1.18. The lowest BCUT2D eigenvalue weighted by molar-refractivity contribution is -0.128. The second-order valence-electron chi connectivity index (χ2n) is 9.45. The Morgan fingerprint density at radius 2 is 1.94 bits per heavy atom. The number of hydrogen-bond acceptors (Lipinski definition) is 11. The van der Waals surface area contributed by atoms with Gasteiger partial charge in [-0.2, -0.15) is 0 Å². The Hall–Kier alpha value is -1.00. The van der Waals surface area contributed by atoms with Crippen LogP contribution >= 0.6 is 0 Å². The predicted octanol–water partition coefficient (Wildman–Crippen LogP) is -3.81. The third-order valence-corrected chi connectivity index (χ3v) is 7.29. The summed E-state index contributed by atoms with van der Waals surface area (Å²) < 4.78 is 19.6. The molecule has 13 heteroatoms. The number of carbonyl (C=O) groups excluding carboxylic acids is 1. The van der Waals surface area contributed by atoms with Crippen LogP contribution < -0.4 is 38.0 Å². The van der Waals surface area contributed by atoms with E-state index in [-0.39, 0.29) is 49.8 Å². The number of nitrogens with one attached hydrogen (secondary N) is 6. The molecule has 0 spiro atoms. The number of fused-ring (bicyclic) bond motifs is 1. The first kappa shape index (κ1) is 22.8. The molecule has 8 unspecified atom stereocenters. The van der Waals surface area contributed by atoms with Crippen LogP contribution in [0.5, 0.6) is 0 Å². The van der Waals surface area contributed by atoms with Crippen LogP contribution in [0.4, 0.5) is 4.39 Å². The van der Waals surface area contributed by atoms with Gasteiger partial charge in [-0.25, -0.2) is 25.7 Å². The molecule has 0 aromatic carbocycles. The van der Waals surface area contributed by atoms with Crippen LogP contribution in [0.2, 0.25) is 0 Å². The van der Waals surface area contributed by atoms with Crippen molar-refractivity contribution in [1.29, 1.82) is 0 Å². The van der Waals surface area contributed by atoms with Crippen LogP contribution in [0.1, 0.15) is 13.3 Å². The van der Waals surface area contributed by atoms with Crippen molar-refractivity contribution in [2.24, 2.45) is 11.7 Å². The number of alkyl halides is 1. The molecule has 8 atom stereocenters. The summed E-state index contributed by atoms with van der Waals surface area (Å²) in [4.78, 5) is 18.1. The maximum atomic E-state index is 13.7. The molecule has 0 bridgehead atoms. The van der Waals surface area contributed by atoms with E-state index in [1.54, 1.807) is 5.01 Å². The Morgan fingerprint density at radius 3 is 2.69 bits per heavy atom. The Bertz CT molecular complexity index is 668. The van der Waals surface area contributed by atoms with Gasteiger partial charge in [0.2, 0.25) is 5.91 Å². The van der Waals surface area contributed by atoms with Crippen LogP contribution in [0.25, 0.3) is 0 Å². The first-order valence-corrected chi connectivity index (χ1v) is 11.8. The second-order valence-corrected chi connectivity index (χ2v) is 9.45. The van der Waals surface area contributed by atoms with Crippen molar-refractivity contribution in [3.05, 3.63) is 0 Å². The molecule has 5 rings (SSSR count). The summed E-state index contributed by atoms with van der Waals surface area (Å²) in [5.41, 5.74) is 15.6. The van der Waals surface area contributed by atoms with E-state index in [0.29, 0.717) is 0 Å². The highest BCUT2D eigenvalue weighted by Crippen LogP contribution is 2.23. The molecule has 32 heavy (non-hydrogen) atoms. The fourth-order valence-corrected chi connectivity index (χ4v) is 5.62. The SMILES string of the molecule is CC1NNC(N2CCN(C3CCNCC3NC(=O)C3C(N)NN4CC(F)CNC34)CC2)O1. The molecule has 182 valence electrons. The summed E-state index contributed by atoms with van der Waals surface area (Å²) in [7, 11) is 0. The maximum absolute atomic E-state index is 13.7. The maximum Gasteiger partial charge on any atom is 0.229 e. The number of hydrogen-bond donors (Lipinski definition) is 7. The van der Waals surface area contributed by atoms with Gasteiger partial charge >= 0.3 is 0 Å². The summed E-state index contributed by atoms with van der Waals surface area (Å²) in [5, 5.41) is 11.6. The van der Waals surface area contributed by atoms with Crippen molar-refractivity contribution in [3.63, 3.8) is 0 Å². The van der Waals surface area contributed by atoms with Crippen LogP contribution in [0, 0.1) is 5.92 Å². The molecule has 0 radical (unpaired) electrons. The summed E-state index contributed by atoms with van der Waals surface area (Å²) in [6, 6.07) is 0.275. The average molecular weight is 457 g/mol. The predicted molar refractivity (Wildman–Crippen MR) is 115 cm³/mol. The van der Waals surface area contributed by atoms with Gasteiger partial charge in [-0.1, -0.05) is 0 Å². The topological polar surface area (TPSA) is 134 Å². The van der Waals surface area contributed by atoms with Crippen LogP contribution in [-0.4, -0.2) is 116 Å². The molecule has 8 N–H and O–H groups in total. The number of piperidine rings is 1. The second kappa shape index (κ2) is 9.70. The Morgan fingerprint density at radius 1 is 1.16 bits per heavy atom. The number of piperazine rings is 1. The summed E-state index contributed by atoms with van der Waals surface area (Å²) in [5.74, 6) is -0.551. The van der Waals surface area contributed by atoms with Crippen molar-refractivity contribution in [1.82, 2.24) is 47.0 Å². The smallest absolute Gasteiger partial charge is 0.229 e. The number of nitrogens with two attached hydrogens (primary N) is 1. The number of nitrogens with zero attached hydrogens (tertiary/aromatic N) is 3. The Kier molecular flexibility index (Phi) is 6.90. The van der Waals surface area contributed by atoms with E-state index in [2.05, 4.69) is 42.0 Å². The van der Waals surface area contributed by atoms with Gasteiger partial charge in [-0.05, 0) is 19.9 Å². The molecule has 5 aliphatic heterocycles. The van der Waals surface area contributed by atoms with Gasteiger partial charge in [0.15, 0.2) is 6.35 Å². The van der Waals surface area contributed by atoms with E-state index < -0.39 is 18.3 Å². The minimum absolute atomic E-state index is 0.00357. The fourth-order valence-electron chi connectivity index (χ4n) is 5.62. The quantitative estimate of drug-likeness (QED) is 0.224. The van der Waals surface area contributed by atoms with E-state index in [1.165, 1.54) is 0 Å². The van der Waals surface area contributed by atoms with E-state index in [4.69, 9.17) is 10.5 Å². The number of halogens is 1. The number of amides is 1. The van der Waals surface area contributed by atoms with Gasteiger partial charge in [0.25, 0.3) is 0 Å². The first-order valence-electron chi connectivity index (χ1n) is 11.8. The molecule has 5 heterocycles. The summed E-state index contributed by atoms with van der Waals surface area (Å²) >= 11 is 0. The molecule has 5 aliphatic rings. The first-order chi connectivity index (χ1) is 15.5. The molecular weight excluding hydrogens is 419 g/mol. The number of rotatable bonds is 4. The molecule has 0 saturated carbocycles. The zero-order valence-corrected chi connectivity index (χ0v) is 18.6. The van der Waals surface area contributed by atoms with Crippen LogP contribution in [0.3, 0.4) is 0 Å². The minimum atomic E-state index is -0.970. The lowest BCUT2D eigenvalue weighted by Crippen LogP contribution is -2.65. The van der Waals surface area contributed by atoms with Crippen molar-refractivity contribution in [2.45, 2.75) is 56.5 Å². The van der Waals surface area contributed by atoms with E-state index in [1.807, 2.05) is 6.92 Å². The van der Waals surface area contributed by atoms with Crippen molar-refractivity contribution in [3.8, 4) is 0 Å². The molecule has 5 saturated heterocycles. The molecule has 0 aliphatic carbocycles. The van der Waals surface area contributed by atoms with Gasteiger partial charge in [0.1, 0.15) is 12.4 Å². The van der Waals surface area contributed by atoms with E-state index in [0.717, 1.165) is 45.7 Å². The highest BCUT2D eigenvalue weighted by molar-refractivity contribution is 5.81. The Labute approximate surface area is 188 Å². The normalized spacial score (nSPS) is 44.5. The lowest BCUT2D eigenvalue weighted by atomic mass is 9.95. The van der Waals surface area contributed by atoms with Crippen LogP contribution in [-0.2, 0) is 9.53 Å². The molecule has 0 aromatic rings.